The molecule has 0 aliphatic heterocycles. The predicted octanol–water partition coefficient (Wildman–Crippen LogP) is 5.29. The average Bonchev–Trinajstić information content (AvgIpc) is 2.48. The van der Waals surface area contributed by atoms with Gasteiger partial charge in [-0.3, -0.25) is 4.79 Å². The highest BCUT2D eigenvalue weighted by Crippen LogP contribution is 2.53. The second-order valence-corrected chi connectivity index (χ2v) is 5.86. The van der Waals surface area contributed by atoms with Crippen molar-refractivity contribution in [2.75, 3.05) is 0 Å². The highest BCUT2D eigenvalue weighted by atomic mass is 19.4. The van der Waals surface area contributed by atoms with Gasteiger partial charge < -0.3 is 10.2 Å². The molecule has 0 spiro atoms. The van der Waals surface area contributed by atoms with Gasteiger partial charge in [-0.05, 0) is 5.57 Å². The number of alkyl halides is 14. The molecule has 0 radical (unpaired) electrons. The van der Waals surface area contributed by atoms with Gasteiger partial charge in [0.2, 0.25) is 0 Å². The van der Waals surface area contributed by atoms with Crippen LogP contribution in [0, 0.1) is 0 Å². The SMILES string of the molecule is O=C(O)CC(C(=O)O)=C(CC(F)(F)C(F)(F)C(F)(F)F)CC(F)(F)C(F)(F)C(F)(F)F. The van der Waals surface area contributed by atoms with Crippen LogP contribution in [0.1, 0.15) is 19.3 Å². The van der Waals surface area contributed by atoms with E-state index in [-0.39, 0.29) is 0 Å². The number of hydrogen-bond acceptors (Lipinski definition) is 2. The van der Waals surface area contributed by atoms with Gasteiger partial charge in [0.05, 0.1) is 6.42 Å². The Balaban J connectivity index is 6.74. The minimum atomic E-state index is -7.10. The molecule has 0 aliphatic rings. The molecule has 31 heavy (non-hydrogen) atoms. The van der Waals surface area contributed by atoms with E-state index < -0.39 is 78.4 Å². The number of halogens is 14. The van der Waals surface area contributed by atoms with Crippen molar-refractivity contribution in [1.29, 1.82) is 0 Å². The van der Waals surface area contributed by atoms with Gasteiger partial charge >= 0.3 is 48.0 Å². The Bertz CT molecular complexity index is 689. The lowest BCUT2D eigenvalue weighted by Gasteiger charge is -2.32. The van der Waals surface area contributed by atoms with E-state index in [1.807, 2.05) is 0 Å². The third-order valence-electron chi connectivity index (χ3n) is 3.51. The van der Waals surface area contributed by atoms with Gasteiger partial charge in [-0.25, -0.2) is 4.79 Å². The van der Waals surface area contributed by atoms with Gasteiger partial charge in [0.1, 0.15) is 0 Å². The van der Waals surface area contributed by atoms with Crippen LogP contribution in [0.3, 0.4) is 0 Å². The number of carboxylic acids is 2. The lowest BCUT2D eigenvalue weighted by atomic mass is 9.89. The second kappa shape index (κ2) is 8.33. The van der Waals surface area contributed by atoms with Gasteiger partial charge in [0.15, 0.2) is 0 Å². The standard InChI is InChI=1S/C13H8F14O4/c14-8(15,10(18,19)12(22,23)24)2-4(5(7(30)31)1-6(28)29)3-9(16,17)11(20,21)13(25,26)27/h1-3H2,(H,28,29)(H,30,31). The molecule has 4 nitrogen and oxygen atoms in total. The molecule has 182 valence electrons. The summed E-state index contributed by atoms with van der Waals surface area (Å²) >= 11 is 0. The number of carbonyl (C=O) groups is 2. The van der Waals surface area contributed by atoms with Crippen LogP contribution in [0.5, 0.6) is 0 Å². The van der Waals surface area contributed by atoms with Crippen LogP contribution in [-0.2, 0) is 9.59 Å². The number of hydrogen-bond donors (Lipinski definition) is 2. The number of aliphatic carboxylic acids is 2. The first-order valence-electron chi connectivity index (χ1n) is 7.12. The second-order valence-electron chi connectivity index (χ2n) is 5.86. The zero-order valence-electron chi connectivity index (χ0n) is 14.1. The molecule has 0 aromatic carbocycles. The molecule has 0 aromatic heterocycles. The summed E-state index contributed by atoms with van der Waals surface area (Å²) in [6.45, 7) is 0. The Morgan fingerprint density at radius 3 is 1.06 bits per heavy atom. The van der Waals surface area contributed by atoms with E-state index in [1.54, 1.807) is 0 Å². The number of allylic oxidation sites excluding steroid dienone is 1. The van der Waals surface area contributed by atoms with Crippen molar-refractivity contribution in [1.82, 2.24) is 0 Å². The van der Waals surface area contributed by atoms with E-state index in [9.17, 15) is 71.1 Å². The van der Waals surface area contributed by atoms with Gasteiger partial charge in [-0.15, -0.1) is 0 Å². The van der Waals surface area contributed by atoms with Gasteiger partial charge in [-0.2, -0.15) is 61.5 Å². The number of carboxylic acid groups (broad SMARTS) is 2. The third kappa shape index (κ3) is 5.90. The molecule has 2 N–H and O–H groups in total. The van der Waals surface area contributed by atoms with E-state index in [0.29, 0.717) is 0 Å². The molecule has 0 amide bonds. The van der Waals surface area contributed by atoms with Crippen LogP contribution in [0.2, 0.25) is 0 Å². The van der Waals surface area contributed by atoms with Gasteiger partial charge in [0.25, 0.3) is 0 Å². The smallest absolute Gasteiger partial charge is 0.459 e. The van der Waals surface area contributed by atoms with Crippen molar-refractivity contribution in [2.45, 2.75) is 55.3 Å². The maximum absolute atomic E-state index is 13.5. The molecule has 0 bridgehead atoms. The van der Waals surface area contributed by atoms with Crippen LogP contribution in [0.4, 0.5) is 61.5 Å². The topological polar surface area (TPSA) is 74.6 Å². The van der Waals surface area contributed by atoms with E-state index in [1.165, 1.54) is 0 Å². The van der Waals surface area contributed by atoms with Gasteiger partial charge in [0, 0.05) is 18.4 Å². The maximum atomic E-state index is 13.5. The van der Waals surface area contributed by atoms with Crippen LogP contribution in [0.15, 0.2) is 11.1 Å². The van der Waals surface area contributed by atoms with Crippen molar-refractivity contribution in [2.24, 2.45) is 0 Å². The Labute approximate surface area is 161 Å². The van der Waals surface area contributed by atoms with Gasteiger partial charge in [-0.1, -0.05) is 0 Å². The zero-order valence-corrected chi connectivity index (χ0v) is 14.1. The van der Waals surface area contributed by atoms with E-state index in [2.05, 4.69) is 0 Å². The Hall–Kier alpha value is -2.30. The fraction of sp³-hybridized carbons (Fsp3) is 0.692. The molecular formula is C13H8F14O4. The molecule has 0 heterocycles. The largest absolute Gasteiger partial charge is 0.481 e. The quantitative estimate of drug-likeness (QED) is 0.338. The minimum absolute atomic E-state index is 2.17. The minimum Gasteiger partial charge on any atom is -0.481 e. The molecule has 0 aliphatic carbocycles. The highest BCUT2D eigenvalue weighted by molar-refractivity contribution is 5.93. The van der Waals surface area contributed by atoms with Crippen molar-refractivity contribution in [3.8, 4) is 0 Å². The summed E-state index contributed by atoms with van der Waals surface area (Å²) in [7, 11) is 0. The third-order valence-corrected chi connectivity index (χ3v) is 3.51. The van der Waals surface area contributed by atoms with Crippen LogP contribution in [-0.4, -0.2) is 58.2 Å². The number of rotatable bonds is 9. The average molecular weight is 494 g/mol. The highest BCUT2D eigenvalue weighted by Gasteiger charge is 2.75. The first-order valence-corrected chi connectivity index (χ1v) is 7.12. The van der Waals surface area contributed by atoms with Crippen molar-refractivity contribution in [3.63, 3.8) is 0 Å². The van der Waals surface area contributed by atoms with Crippen LogP contribution in [0.25, 0.3) is 0 Å². The van der Waals surface area contributed by atoms with Crippen molar-refractivity contribution >= 4 is 11.9 Å². The van der Waals surface area contributed by atoms with Crippen LogP contribution < -0.4 is 0 Å². The normalized spacial score (nSPS) is 14.4. The summed E-state index contributed by atoms with van der Waals surface area (Å²) in [5.74, 6) is -32.5. The Kier molecular flexibility index (Phi) is 7.71. The Morgan fingerprint density at radius 2 is 0.871 bits per heavy atom. The lowest BCUT2D eigenvalue weighted by Crippen LogP contribution is -2.54. The maximum Gasteiger partial charge on any atom is 0.459 e. The Morgan fingerprint density at radius 1 is 0.581 bits per heavy atom. The summed E-state index contributed by atoms with van der Waals surface area (Å²) < 4.78 is 179. The molecular weight excluding hydrogens is 486 g/mol. The molecule has 0 rings (SSSR count). The summed E-state index contributed by atoms with van der Waals surface area (Å²) in [5, 5.41) is 17.1. The van der Waals surface area contributed by atoms with Crippen molar-refractivity contribution in [3.05, 3.63) is 11.1 Å². The molecule has 0 atom stereocenters. The molecule has 18 heteroatoms. The first kappa shape index (κ1) is 28.7. The first-order chi connectivity index (χ1) is 13.3. The fourth-order valence-corrected chi connectivity index (χ4v) is 1.95. The zero-order chi connectivity index (χ0) is 25.4. The van der Waals surface area contributed by atoms with E-state index in [0.717, 1.165) is 0 Å². The molecule has 0 aromatic rings. The summed E-state index contributed by atoms with van der Waals surface area (Å²) in [6, 6.07) is 0. The summed E-state index contributed by atoms with van der Waals surface area (Å²) in [5.41, 5.74) is -5.01. The molecule has 0 saturated carbocycles. The molecule has 0 fully saturated rings. The molecule has 0 unspecified atom stereocenters. The van der Waals surface area contributed by atoms with Crippen LogP contribution >= 0.6 is 0 Å². The van der Waals surface area contributed by atoms with E-state index in [4.69, 9.17) is 10.2 Å². The molecule has 0 saturated heterocycles. The van der Waals surface area contributed by atoms with Crippen molar-refractivity contribution < 1.29 is 81.3 Å². The monoisotopic (exact) mass is 494 g/mol. The summed E-state index contributed by atoms with van der Waals surface area (Å²) in [4.78, 5) is 21.4. The summed E-state index contributed by atoms with van der Waals surface area (Å²) in [6.07, 6.45) is -23.2. The fourth-order valence-electron chi connectivity index (χ4n) is 1.95. The van der Waals surface area contributed by atoms with E-state index >= 15 is 0 Å². The predicted molar refractivity (Wildman–Crippen MR) is 68.0 cm³/mol. The lowest BCUT2D eigenvalue weighted by molar-refractivity contribution is -0.358.